The molecule has 0 radical (unpaired) electrons. The molecular weight excluding hydrogens is 218 g/mol. The smallest absolute Gasteiger partial charge is 0.220 e. The number of anilines is 1. The van der Waals surface area contributed by atoms with E-state index in [9.17, 15) is 5.11 Å². The third kappa shape index (κ3) is 2.44. The first-order chi connectivity index (χ1) is 8.20. The van der Waals surface area contributed by atoms with Crippen molar-refractivity contribution in [1.29, 1.82) is 0 Å². The minimum Gasteiger partial charge on any atom is -0.507 e. The highest BCUT2D eigenvalue weighted by Gasteiger charge is 2.07. The number of aromatic hydroxyl groups is 1. The van der Waals surface area contributed by atoms with Gasteiger partial charge in [0.15, 0.2) is 0 Å². The van der Waals surface area contributed by atoms with Crippen LogP contribution in [0.1, 0.15) is 6.92 Å². The fourth-order valence-corrected chi connectivity index (χ4v) is 1.51. The van der Waals surface area contributed by atoms with Crippen LogP contribution in [0.4, 0.5) is 5.95 Å². The van der Waals surface area contributed by atoms with Crippen LogP contribution in [-0.2, 0) is 0 Å². The van der Waals surface area contributed by atoms with E-state index in [1.165, 1.54) is 0 Å². The Morgan fingerprint density at radius 2 is 2.18 bits per heavy atom. The highest BCUT2D eigenvalue weighted by molar-refractivity contribution is 5.68. The summed E-state index contributed by atoms with van der Waals surface area (Å²) >= 11 is 0. The van der Waals surface area contributed by atoms with E-state index in [2.05, 4.69) is 9.97 Å². The highest BCUT2D eigenvalue weighted by atomic mass is 16.5. The average molecular weight is 231 g/mol. The predicted octanol–water partition coefficient (Wildman–Crippen LogP) is 1.83. The molecule has 0 unspecified atom stereocenters. The van der Waals surface area contributed by atoms with Gasteiger partial charge in [-0.1, -0.05) is 0 Å². The number of nitrogens with two attached hydrogens (primary N) is 1. The Morgan fingerprint density at radius 1 is 1.35 bits per heavy atom. The van der Waals surface area contributed by atoms with Crippen LogP contribution in [0.2, 0.25) is 0 Å². The van der Waals surface area contributed by atoms with Crippen LogP contribution in [0.25, 0.3) is 11.3 Å². The number of aromatic nitrogens is 2. The number of hydrogen-bond acceptors (Lipinski definition) is 5. The van der Waals surface area contributed by atoms with E-state index < -0.39 is 0 Å². The number of rotatable bonds is 3. The van der Waals surface area contributed by atoms with Crippen molar-refractivity contribution in [2.75, 3.05) is 12.3 Å². The van der Waals surface area contributed by atoms with E-state index in [-0.39, 0.29) is 11.7 Å². The molecule has 0 aliphatic carbocycles. The molecule has 3 N–H and O–H groups in total. The van der Waals surface area contributed by atoms with Crippen LogP contribution in [0.15, 0.2) is 30.5 Å². The quantitative estimate of drug-likeness (QED) is 0.842. The summed E-state index contributed by atoms with van der Waals surface area (Å²) in [5, 5.41) is 9.88. The predicted molar refractivity (Wildman–Crippen MR) is 64.7 cm³/mol. The minimum absolute atomic E-state index is 0.106. The van der Waals surface area contributed by atoms with Crippen molar-refractivity contribution >= 4 is 5.95 Å². The fraction of sp³-hybridized carbons (Fsp3) is 0.167. The molecule has 2 rings (SSSR count). The van der Waals surface area contributed by atoms with Crippen LogP contribution in [0.5, 0.6) is 11.5 Å². The van der Waals surface area contributed by atoms with Gasteiger partial charge in [-0.3, -0.25) is 0 Å². The topological polar surface area (TPSA) is 81.3 Å². The maximum atomic E-state index is 9.88. The summed E-state index contributed by atoms with van der Waals surface area (Å²) < 4.78 is 5.28. The van der Waals surface area contributed by atoms with Crippen molar-refractivity contribution in [3.05, 3.63) is 30.5 Å². The SMILES string of the molecule is CCOc1ccc(-c2ccnc(N)n2)c(O)c1. The van der Waals surface area contributed by atoms with Gasteiger partial charge < -0.3 is 15.6 Å². The number of nitrogens with zero attached hydrogens (tertiary/aromatic N) is 2. The Labute approximate surface area is 98.9 Å². The lowest BCUT2D eigenvalue weighted by Crippen LogP contribution is -1.96. The van der Waals surface area contributed by atoms with Gasteiger partial charge in [0.05, 0.1) is 12.3 Å². The standard InChI is InChI=1S/C12H13N3O2/c1-2-17-8-3-4-9(11(16)7-8)10-5-6-14-12(13)15-10/h3-7,16H,2H2,1H3,(H2,13,14,15). The second-order valence-electron chi connectivity index (χ2n) is 3.41. The molecule has 0 bridgehead atoms. The lowest BCUT2D eigenvalue weighted by Gasteiger charge is -2.07. The molecule has 0 saturated heterocycles. The van der Waals surface area contributed by atoms with Gasteiger partial charge in [-0.25, -0.2) is 9.97 Å². The molecule has 1 aromatic carbocycles. The zero-order valence-electron chi connectivity index (χ0n) is 9.42. The number of benzene rings is 1. The summed E-state index contributed by atoms with van der Waals surface area (Å²) in [6.45, 7) is 2.44. The summed E-state index contributed by atoms with van der Waals surface area (Å²) in [4.78, 5) is 7.85. The summed E-state index contributed by atoms with van der Waals surface area (Å²) in [7, 11) is 0. The Morgan fingerprint density at radius 3 is 2.82 bits per heavy atom. The summed E-state index contributed by atoms with van der Waals surface area (Å²) in [6.07, 6.45) is 1.55. The molecule has 0 amide bonds. The van der Waals surface area contributed by atoms with Crippen LogP contribution < -0.4 is 10.5 Å². The molecule has 0 saturated carbocycles. The van der Waals surface area contributed by atoms with Gasteiger partial charge in [0.1, 0.15) is 11.5 Å². The molecule has 0 aliphatic heterocycles. The lowest BCUT2D eigenvalue weighted by molar-refractivity contribution is 0.338. The third-order valence-corrected chi connectivity index (χ3v) is 2.23. The number of phenols is 1. The number of nitrogen functional groups attached to an aromatic ring is 1. The second-order valence-corrected chi connectivity index (χ2v) is 3.41. The van der Waals surface area contributed by atoms with Crippen LogP contribution in [-0.4, -0.2) is 21.7 Å². The Kier molecular flexibility index (Phi) is 3.09. The Hall–Kier alpha value is -2.30. The zero-order chi connectivity index (χ0) is 12.3. The zero-order valence-corrected chi connectivity index (χ0v) is 9.42. The molecule has 17 heavy (non-hydrogen) atoms. The molecule has 1 heterocycles. The molecule has 5 nitrogen and oxygen atoms in total. The lowest BCUT2D eigenvalue weighted by atomic mass is 10.1. The van der Waals surface area contributed by atoms with E-state index in [1.807, 2.05) is 6.92 Å². The fourth-order valence-electron chi connectivity index (χ4n) is 1.51. The number of ether oxygens (including phenoxy) is 1. The normalized spacial score (nSPS) is 10.2. The molecule has 0 fully saturated rings. The molecule has 5 heteroatoms. The molecule has 0 aliphatic rings. The maximum Gasteiger partial charge on any atom is 0.220 e. The van der Waals surface area contributed by atoms with Gasteiger partial charge in [0, 0.05) is 17.8 Å². The highest BCUT2D eigenvalue weighted by Crippen LogP contribution is 2.31. The molecule has 2 aromatic rings. The van der Waals surface area contributed by atoms with Crippen molar-refractivity contribution in [1.82, 2.24) is 9.97 Å². The Balaban J connectivity index is 2.39. The second kappa shape index (κ2) is 4.69. The third-order valence-electron chi connectivity index (χ3n) is 2.23. The van der Waals surface area contributed by atoms with Crippen molar-refractivity contribution in [2.45, 2.75) is 6.92 Å². The molecule has 0 atom stereocenters. The van der Waals surface area contributed by atoms with Crippen LogP contribution in [0.3, 0.4) is 0 Å². The van der Waals surface area contributed by atoms with Gasteiger partial charge in [-0.2, -0.15) is 0 Å². The Bertz CT molecular complexity index is 529. The first-order valence-corrected chi connectivity index (χ1v) is 5.25. The molecular formula is C12H13N3O2. The van der Waals surface area contributed by atoms with Gasteiger partial charge in [-0.05, 0) is 25.1 Å². The average Bonchev–Trinajstić information content (AvgIpc) is 2.29. The van der Waals surface area contributed by atoms with Crippen molar-refractivity contribution in [3.8, 4) is 22.8 Å². The summed E-state index contributed by atoms with van der Waals surface area (Å²) in [6, 6.07) is 6.75. The van der Waals surface area contributed by atoms with Crippen molar-refractivity contribution in [3.63, 3.8) is 0 Å². The van der Waals surface area contributed by atoms with Crippen molar-refractivity contribution in [2.24, 2.45) is 0 Å². The molecule has 0 spiro atoms. The van der Waals surface area contributed by atoms with E-state index in [4.69, 9.17) is 10.5 Å². The van der Waals surface area contributed by atoms with Gasteiger partial charge in [-0.15, -0.1) is 0 Å². The van der Waals surface area contributed by atoms with Crippen LogP contribution in [0, 0.1) is 0 Å². The number of hydrogen-bond donors (Lipinski definition) is 2. The number of phenolic OH excluding ortho intramolecular Hbond substituents is 1. The van der Waals surface area contributed by atoms with Gasteiger partial charge >= 0.3 is 0 Å². The van der Waals surface area contributed by atoms with E-state index in [1.54, 1.807) is 30.5 Å². The van der Waals surface area contributed by atoms with Crippen LogP contribution >= 0.6 is 0 Å². The van der Waals surface area contributed by atoms with E-state index in [0.717, 1.165) is 0 Å². The first-order valence-electron chi connectivity index (χ1n) is 5.25. The monoisotopic (exact) mass is 231 g/mol. The van der Waals surface area contributed by atoms with E-state index >= 15 is 0 Å². The first kappa shape index (κ1) is 11.2. The maximum absolute atomic E-state index is 9.88. The van der Waals surface area contributed by atoms with Crippen molar-refractivity contribution < 1.29 is 9.84 Å². The van der Waals surface area contributed by atoms with Gasteiger partial charge in [0.25, 0.3) is 0 Å². The van der Waals surface area contributed by atoms with E-state index in [0.29, 0.717) is 23.6 Å². The summed E-state index contributed by atoms with van der Waals surface area (Å²) in [5.74, 6) is 0.903. The molecule has 88 valence electrons. The summed E-state index contributed by atoms with van der Waals surface area (Å²) in [5.41, 5.74) is 6.68. The molecule has 1 aromatic heterocycles. The minimum atomic E-state index is 0.106. The largest absolute Gasteiger partial charge is 0.507 e. The van der Waals surface area contributed by atoms with Gasteiger partial charge in [0.2, 0.25) is 5.95 Å².